The topological polar surface area (TPSA) is 95.9 Å². The molecular weight excluding hydrogens is 695 g/mol. The Morgan fingerprint density at radius 1 is 0.536 bits per heavy atom. The largest absolute Gasteiger partial charge is 0.462 e. The highest BCUT2D eigenvalue weighted by atomic mass is 16.5. The van der Waals surface area contributed by atoms with Crippen molar-refractivity contribution in [3.63, 3.8) is 0 Å². The molecule has 0 aromatic heterocycles. The van der Waals surface area contributed by atoms with Crippen molar-refractivity contribution in [3.05, 3.63) is 36.5 Å². The van der Waals surface area contributed by atoms with Gasteiger partial charge in [0.2, 0.25) is 5.91 Å². The molecule has 6 nitrogen and oxygen atoms in total. The van der Waals surface area contributed by atoms with Crippen LogP contribution in [0.1, 0.15) is 245 Å². The van der Waals surface area contributed by atoms with Gasteiger partial charge in [-0.2, -0.15) is 0 Å². The molecule has 0 bridgehead atoms. The van der Waals surface area contributed by atoms with E-state index in [4.69, 9.17) is 4.74 Å². The maximum Gasteiger partial charge on any atom is 0.306 e. The van der Waals surface area contributed by atoms with Gasteiger partial charge in [-0.15, -0.1) is 0 Å². The molecule has 0 fully saturated rings. The number of esters is 1. The minimum atomic E-state index is -0.784. The number of rotatable bonds is 43. The second kappa shape index (κ2) is 44.2. The Morgan fingerprint density at radius 2 is 0.964 bits per heavy atom. The summed E-state index contributed by atoms with van der Waals surface area (Å²) in [6.45, 7) is 6.34. The molecule has 0 aliphatic heterocycles. The first-order valence-corrected chi connectivity index (χ1v) is 24.2. The summed E-state index contributed by atoms with van der Waals surface area (Å²) in [4.78, 5) is 26.0. The fourth-order valence-electron chi connectivity index (χ4n) is 7.37. The van der Waals surface area contributed by atoms with Gasteiger partial charge >= 0.3 is 5.97 Å². The minimum Gasteiger partial charge on any atom is -0.462 e. The lowest BCUT2D eigenvalue weighted by Gasteiger charge is -2.24. The van der Waals surface area contributed by atoms with Crippen LogP contribution in [0.5, 0.6) is 0 Å². The Morgan fingerprint density at radius 3 is 1.45 bits per heavy atom. The molecule has 1 amide bonds. The Balaban J connectivity index is 4.57. The molecule has 0 saturated heterocycles. The predicted octanol–water partition coefficient (Wildman–Crippen LogP) is 14.1. The Labute approximate surface area is 347 Å². The molecule has 0 aliphatic rings. The van der Waals surface area contributed by atoms with Gasteiger partial charge in [0, 0.05) is 6.42 Å². The van der Waals surface area contributed by atoms with E-state index in [1.54, 1.807) is 0 Å². The normalized spacial score (nSPS) is 13.6. The first-order chi connectivity index (χ1) is 27.5. The molecule has 0 rings (SSSR count). The van der Waals surface area contributed by atoms with Crippen LogP contribution in [-0.2, 0) is 14.3 Å². The highest BCUT2D eigenvalue weighted by Gasteiger charge is 2.24. The smallest absolute Gasteiger partial charge is 0.306 e. The van der Waals surface area contributed by atoms with E-state index in [-0.39, 0.29) is 24.9 Å². The number of ether oxygens (including phenoxy) is 1. The van der Waals surface area contributed by atoms with Crippen molar-refractivity contribution >= 4 is 11.9 Å². The molecule has 0 radical (unpaired) electrons. The Bertz CT molecular complexity index is 930. The van der Waals surface area contributed by atoms with Crippen LogP contribution in [0.25, 0.3) is 0 Å². The third-order valence-corrected chi connectivity index (χ3v) is 11.0. The van der Waals surface area contributed by atoms with Crippen molar-refractivity contribution in [2.75, 3.05) is 6.61 Å². The molecule has 328 valence electrons. The molecule has 3 atom stereocenters. The highest BCUT2D eigenvalue weighted by Crippen LogP contribution is 2.18. The Kier molecular flexibility index (Phi) is 42.7. The van der Waals surface area contributed by atoms with E-state index < -0.39 is 18.2 Å². The van der Waals surface area contributed by atoms with Gasteiger partial charge in [-0.05, 0) is 44.9 Å². The second-order valence-corrected chi connectivity index (χ2v) is 16.6. The molecule has 56 heavy (non-hydrogen) atoms. The van der Waals surface area contributed by atoms with Crippen molar-refractivity contribution in [2.45, 2.75) is 264 Å². The summed E-state index contributed by atoms with van der Waals surface area (Å²) in [7, 11) is 0. The van der Waals surface area contributed by atoms with Crippen molar-refractivity contribution < 1.29 is 24.5 Å². The van der Waals surface area contributed by atoms with E-state index in [0.29, 0.717) is 19.3 Å². The number of unbranched alkanes of at least 4 members (excludes halogenated alkanes) is 27. The number of carbonyl (C=O) groups is 2. The maximum absolute atomic E-state index is 13.1. The highest BCUT2D eigenvalue weighted by molar-refractivity contribution is 5.77. The number of aliphatic hydroxyl groups excluding tert-OH is 2. The lowest BCUT2D eigenvalue weighted by molar-refractivity contribution is -0.151. The molecule has 0 aliphatic carbocycles. The molecule has 0 aromatic carbocycles. The number of hydrogen-bond donors (Lipinski definition) is 3. The SMILES string of the molecule is CC/C=C/C=C/C=C/CCCCCCCCCC(=O)OC(CCCCCCCCCCCCCCC)CC(=O)NC(CO)C(O)CCCCCCCCCCC. The predicted molar refractivity (Wildman–Crippen MR) is 241 cm³/mol. The van der Waals surface area contributed by atoms with Gasteiger partial charge in [0.15, 0.2) is 0 Å². The second-order valence-electron chi connectivity index (χ2n) is 16.6. The van der Waals surface area contributed by atoms with E-state index in [9.17, 15) is 19.8 Å². The number of allylic oxidation sites excluding steroid dienone is 6. The van der Waals surface area contributed by atoms with Crippen molar-refractivity contribution in [2.24, 2.45) is 0 Å². The van der Waals surface area contributed by atoms with Crippen LogP contribution in [0.3, 0.4) is 0 Å². The lowest BCUT2D eigenvalue weighted by Crippen LogP contribution is -2.46. The van der Waals surface area contributed by atoms with E-state index in [2.05, 4.69) is 62.5 Å². The zero-order valence-electron chi connectivity index (χ0n) is 37.3. The van der Waals surface area contributed by atoms with E-state index in [1.807, 2.05) is 0 Å². The van der Waals surface area contributed by atoms with Crippen molar-refractivity contribution in [1.29, 1.82) is 0 Å². The summed E-state index contributed by atoms with van der Waals surface area (Å²) in [6.07, 6.45) is 50.6. The van der Waals surface area contributed by atoms with Crippen LogP contribution >= 0.6 is 0 Å². The van der Waals surface area contributed by atoms with Crippen molar-refractivity contribution in [1.82, 2.24) is 5.32 Å². The first-order valence-electron chi connectivity index (χ1n) is 24.2. The van der Waals surface area contributed by atoms with Gasteiger partial charge in [-0.1, -0.05) is 224 Å². The monoisotopic (exact) mass is 788 g/mol. The molecule has 0 heterocycles. The van der Waals surface area contributed by atoms with Crippen LogP contribution in [0.15, 0.2) is 36.5 Å². The molecule has 0 spiro atoms. The maximum atomic E-state index is 13.1. The van der Waals surface area contributed by atoms with Gasteiger partial charge in [-0.3, -0.25) is 9.59 Å². The van der Waals surface area contributed by atoms with Crippen LogP contribution in [0.4, 0.5) is 0 Å². The van der Waals surface area contributed by atoms with Crippen LogP contribution < -0.4 is 5.32 Å². The lowest BCUT2D eigenvalue weighted by atomic mass is 10.0. The third-order valence-electron chi connectivity index (χ3n) is 11.0. The average molecular weight is 788 g/mol. The quantitative estimate of drug-likeness (QED) is 0.0325. The third kappa shape index (κ3) is 38.9. The van der Waals surface area contributed by atoms with E-state index >= 15 is 0 Å². The van der Waals surface area contributed by atoms with Crippen LogP contribution in [-0.4, -0.2) is 46.9 Å². The molecule has 3 N–H and O–H groups in total. The number of hydrogen-bond acceptors (Lipinski definition) is 5. The van der Waals surface area contributed by atoms with Gasteiger partial charge in [-0.25, -0.2) is 0 Å². The molecule has 0 saturated carbocycles. The van der Waals surface area contributed by atoms with Crippen LogP contribution in [0, 0.1) is 0 Å². The van der Waals surface area contributed by atoms with Crippen LogP contribution in [0.2, 0.25) is 0 Å². The Hall–Kier alpha value is -1.92. The van der Waals surface area contributed by atoms with Crippen molar-refractivity contribution in [3.8, 4) is 0 Å². The fraction of sp³-hybridized carbons (Fsp3) is 0.840. The zero-order valence-corrected chi connectivity index (χ0v) is 37.3. The summed E-state index contributed by atoms with van der Waals surface area (Å²) < 4.78 is 5.92. The summed E-state index contributed by atoms with van der Waals surface area (Å²) in [5.41, 5.74) is 0. The fourth-order valence-corrected chi connectivity index (χ4v) is 7.37. The van der Waals surface area contributed by atoms with Gasteiger partial charge in [0.25, 0.3) is 0 Å². The standard InChI is InChI=1S/C50H93NO5/c1-4-7-10-13-16-19-21-23-24-26-28-31-34-37-40-43-50(55)56-46(41-38-35-32-30-27-25-22-20-17-14-11-8-5-2)44-49(54)51-47(45-52)48(53)42-39-36-33-29-18-15-12-9-6-3/h7,10,13,16,19,21,46-48,52-53H,4-6,8-9,11-12,14-15,17-18,20,22-45H2,1-3H3,(H,51,54)/b10-7+,16-13+,21-19+. The number of carbonyl (C=O) groups excluding carboxylic acids is 2. The first kappa shape index (κ1) is 54.1. The average Bonchev–Trinajstić information content (AvgIpc) is 3.19. The minimum absolute atomic E-state index is 0.0760. The molecule has 0 aromatic rings. The summed E-state index contributed by atoms with van der Waals surface area (Å²) in [6, 6.07) is -0.698. The van der Waals surface area contributed by atoms with Gasteiger partial charge in [0.05, 0.1) is 25.2 Å². The number of nitrogens with one attached hydrogen (secondary N) is 1. The van der Waals surface area contributed by atoms with E-state index in [1.165, 1.54) is 135 Å². The number of amides is 1. The molecular formula is C50H93NO5. The van der Waals surface area contributed by atoms with E-state index in [0.717, 1.165) is 64.2 Å². The van der Waals surface area contributed by atoms with Gasteiger partial charge < -0.3 is 20.3 Å². The summed E-state index contributed by atoms with van der Waals surface area (Å²) in [5, 5.41) is 23.6. The van der Waals surface area contributed by atoms with Gasteiger partial charge in [0.1, 0.15) is 6.10 Å². The summed E-state index contributed by atoms with van der Waals surface area (Å²) in [5.74, 6) is -0.480. The number of aliphatic hydroxyl groups is 2. The molecule has 6 heteroatoms. The zero-order chi connectivity index (χ0) is 41.0. The molecule has 3 unspecified atom stereocenters. The summed E-state index contributed by atoms with van der Waals surface area (Å²) >= 11 is 0.